The van der Waals surface area contributed by atoms with E-state index in [1.807, 2.05) is 11.8 Å². The number of amides is 1. The summed E-state index contributed by atoms with van der Waals surface area (Å²) in [5.41, 5.74) is 0. The molecule has 0 radical (unpaired) electrons. The Balaban J connectivity index is 1.95. The maximum atomic E-state index is 12.0. The second-order valence-electron chi connectivity index (χ2n) is 4.60. The van der Waals surface area contributed by atoms with Crippen LogP contribution in [-0.2, 0) is 9.53 Å². The first-order valence-electron chi connectivity index (χ1n) is 5.77. The molecule has 0 spiro atoms. The molecule has 2 aliphatic rings. The number of nitrogens with zero attached hydrogens (tertiary/aromatic N) is 1. The van der Waals surface area contributed by atoms with Gasteiger partial charge in [0.2, 0.25) is 5.91 Å². The van der Waals surface area contributed by atoms with E-state index in [0.717, 1.165) is 32.5 Å². The van der Waals surface area contributed by atoms with E-state index in [1.165, 1.54) is 0 Å². The molecular formula is C11H20N2O2. The normalized spacial score (nSPS) is 32.9. The molecule has 15 heavy (non-hydrogen) atoms. The van der Waals surface area contributed by atoms with Gasteiger partial charge < -0.3 is 15.0 Å². The van der Waals surface area contributed by atoms with Crippen molar-refractivity contribution < 1.29 is 9.53 Å². The fourth-order valence-corrected chi connectivity index (χ4v) is 2.55. The fourth-order valence-electron chi connectivity index (χ4n) is 2.55. The average molecular weight is 212 g/mol. The highest BCUT2D eigenvalue weighted by molar-refractivity contribution is 5.82. The van der Waals surface area contributed by atoms with E-state index in [9.17, 15) is 4.79 Å². The third kappa shape index (κ3) is 2.16. The minimum absolute atomic E-state index is 0.133. The Labute approximate surface area is 91.0 Å². The van der Waals surface area contributed by atoms with Gasteiger partial charge in [0.05, 0.1) is 12.0 Å². The van der Waals surface area contributed by atoms with Gasteiger partial charge in [-0.15, -0.1) is 0 Å². The Bertz CT molecular complexity index is 245. The molecule has 3 unspecified atom stereocenters. The number of fused-ring (bicyclic) bond motifs is 1. The molecule has 0 aromatic heterocycles. The van der Waals surface area contributed by atoms with E-state index in [-0.39, 0.29) is 12.0 Å². The molecule has 2 rings (SSSR count). The minimum atomic E-state index is 0.133. The van der Waals surface area contributed by atoms with Gasteiger partial charge in [0.1, 0.15) is 0 Å². The Morgan fingerprint density at radius 2 is 2.47 bits per heavy atom. The van der Waals surface area contributed by atoms with Gasteiger partial charge in [0.15, 0.2) is 0 Å². The molecular weight excluding hydrogens is 192 g/mol. The number of piperidine rings is 1. The monoisotopic (exact) mass is 212 g/mol. The number of hydrogen-bond donors (Lipinski definition) is 1. The van der Waals surface area contributed by atoms with Crippen molar-refractivity contribution in [2.45, 2.75) is 31.9 Å². The fraction of sp³-hybridized carbons (Fsp3) is 0.909. The van der Waals surface area contributed by atoms with Crippen LogP contribution in [0.25, 0.3) is 0 Å². The molecule has 2 fully saturated rings. The van der Waals surface area contributed by atoms with Crippen LogP contribution in [0.4, 0.5) is 0 Å². The lowest BCUT2D eigenvalue weighted by Gasteiger charge is -2.23. The van der Waals surface area contributed by atoms with Crippen LogP contribution in [0.1, 0.15) is 19.8 Å². The van der Waals surface area contributed by atoms with Gasteiger partial charge in [-0.1, -0.05) is 0 Å². The summed E-state index contributed by atoms with van der Waals surface area (Å²) in [6.45, 7) is 4.64. The third-order valence-electron chi connectivity index (χ3n) is 3.51. The van der Waals surface area contributed by atoms with Gasteiger partial charge in [-0.3, -0.25) is 4.79 Å². The van der Waals surface area contributed by atoms with Crippen LogP contribution >= 0.6 is 0 Å². The third-order valence-corrected chi connectivity index (χ3v) is 3.51. The summed E-state index contributed by atoms with van der Waals surface area (Å²) in [4.78, 5) is 14.0. The lowest BCUT2D eigenvalue weighted by atomic mass is 9.94. The molecule has 3 atom stereocenters. The van der Waals surface area contributed by atoms with Crippen molar-refractivity contribution in [3.63, 3.8) is 0 Å². The van der Waals surface area contributed by atoms with Crippen molar-refractivity contribution in [1.82, 2.24) is 10.2 Å². The molecule has 4 heteroatoms. The van der Waals surface area contributed by atoms with Crippen LogP contribution in [0.3, 0.4) is 0 Å². The quantitative estimate of drug-likeness (QED) is 0.728. The molecule has 4 nitrogen and oxygen atoms in total. The van der Waals surface area contributed by atoms with Gasteiger partial charge in [-0.2, -0.15) is 0 Å². The summed E-state index contributed by atoms with van der Waals surface area (Å²) < 4.78 is 5.20. The van der Waals surface area contributed by atoms with Crippen LogP contribution < -0.4 is 5.32 Å². The zero-order valence-corrected chi connectivity index (χ0v) is 9.53. The van der Waals surface area contributed by atoms with E-state index in [0.29, 0.717) is 11.9 Å². The SMILES string of the molecule is COC(C)CN1CC2NCCCC2C1=O. The number of nitrogens with one attached hydrogen (secondary N) is 1. The molecule has 2 saturated heterocycles. The number of ether oxygens (including phenoxy) is 1. The molecule has 0 bridgehead atoms. The van der Waals surface area contributed by atoms with E-state index in [4.69, 9.17) is 4.74 Å². The summed E-state index contributed by atoms with van der Waals surface area (Å²) in [6, 6.07) is 0.385. The zero-order valence-electron chi connectivity index (χ0n) is 9.53. The van der Waals surface area contributed by atoms with E-state index in [2.05, 4.69) is 5.32 Å². The highest BCUT2D eigenvalue weighted by atomic mass is 16.5. The first kappa shape index (κ1) is 10.9. The summed E-state index contributed by atoms with van der Waals surface area (Å²) in [5, 5.41) is 3.43. The van der Waals surface area contributed by atoms with Crippen LogP contribution in [0.2, 0.25) is 0 Å². The lowest BCUT2D eigenvalue weighted by molar-refractivity contribution is -0.132. The average Bonchev–Trinajstić information content (AvgIpc) is 2.57. The predicted octanol–water partition coefficient (Wildman–Crippen LogP) is 0.232. The van der Waals surface area contributed by atoms with E-state index in [1.54, 1.807) is 7.11 Å². The summed E-state index contributed by atoms with van der Waals surface area (Å²) in [5.74, 6) is 0.541. The van der Waals surface area contributed by atoms with Crippen LogP contribution in [0, 0.1) is 5.92 Å². The predicted molar refractivity (Wildman–Crippen MR) is 57.6 cm³/mol. The van der Waals surface area contributed by atoms with Crippen molar-refractivity contribution >= 4 is 5.91 Å². The molecule has 0 aromatic rings. The number of methoxy groups -OCH3 is 1. The van der Waals surface area contributed by atoms with Gasteiger partial charge in [0, 0.05) is 26.2 Å². The Morgan fingerprint density at radius 3 is 3.13 bits per heavy atom. The van der Waals surface area contributed by atoms with Crippen LogP contribution in [0.15, 0.2) is 0 Å². The molecule has 0 saturated carbocycles. The topological polar surface area (TPSA) is 41.6 Å². The van der Waals surface area contributed by atoms with Crippen molar-refractivity contribution in [3.05, 3.63) is 0 Å². The Hall–Kier alpha value is -0.610. The molecule has 0 aliphatic carbocycles. The van der Waals surface area contributed by atoms with Gasteiger partial charge in [-0.25, -0.2) is 0 Å². The molecule has 0 aromatic carbocycles. The highest BCUT2D eigenvalue weighted by Crippen LogP contribution is 2.26. The van der Waals surface area contributed by atoms with E-state index >= 15 is 0 Å². The smallest absolute Gasteiger partial charge is 0.227 e. The van der Waals surface area contributed by atoms with Crippen molar-refractivity contribution in [1.29, 1.82) is 0 Å². The molecule has 86 valence electrons. The van der Waals surface area contributed by atoms with Gasteiger partial charge in [-0.05, 0) is 26.3 Å². The van der Waals surface area contributed by atoms with Crippen LogP contribution in [0.5, 0.6) is 0 Å². The number of likely N-dealkylation sites (tertiary alicyclic amines) is 1. The van der Waals surface area contributed by atoms with Crippen molar-refractivity contribution in [3.8, 4) is 0 Å². The first-order chi connectivity index (χ1) is 7.22. The molecule has 2 heterocycles. The molecule has 2 aliphatic heterocycles. The minimum Gasteiger partial charge on any atom is -0.380 e. The number of carbonyl (C=O) groups excluding carboxylic acids is 1. The largest absolute Gasteiger partial charge is 0.380 e. The Morgan fingerprint density at radius 1 is 1.67 bits per heavy atom. The maximum Gasteiger partial charge on any atom is 0.227 e. The highest BCUT2D eigenvalue weighted by Gasteiger charge is 2.41. The van der Waals surface area contributed by atoms with E-state index < -0.39 is 0 Å². The van der Waals surface area contributed by atoms with Gasteiger partial charge in [0.25, 0.3) is 0 Å². The molecule has 1 N–H and O–H groups in total. The number of carbonyl (C=O) groups is 1. The standard InChI is InChI=1S/C11H20N2O2/c1-8(15-2)6-13-7-10-9(11(13)14)4-3-5-12-10/h8-10,12H,3-7H2,1-2H3. The Kier molecular flexibility index (Phi) is 3.26. The number of hydrogen-bond acceptors (Lipinski definition) is 3. The summed E-state index contributed by atoms with van der Waals surface area (Å²) in [7, 11) is 1.69. The van der Waals surface area contributed by atoms with Crippen molar-refractivity contribution in [2.75, 3.05) is 26.7 Å². The molecule has 1 amide bonds. The lowest BCUT2D eigenvalue weighted by Crippen LogP contribution is -2.41. The number of rotatable bonds is 3. The second kappa shape index (κ2) is 4.49. The maximum absolute atomic E-state index is 12.0. The first-order valence-corrected chi connectivity index (χ1v) is 5.77. The zero-order chi connectivity index (χ0) is 10.8. The van der Waals surface area contributed by atoms with Crippen LogP contribution in [-0.4, -0.2) is 49.7 Å². The van der Waals surface area contributed by atoms with Crippen molar-refractivity contribution in [2.24, 2.45) is 5.92 Å². The summed E-state index contributed by atoms with van der Waals surface area (Å²) in [6.07, 6.45) is 2.31. The second-order valence-corrected chi connectivity index (χ2v) is 4.60. The summed E-state index contributed by atoms with van der Waals surface area (Å²) >= 11 is 0. The van der Waals surface area contributed by atoms with Gasteiger partial charge >= 0.3 is 0 Å².